The second kappa shape index (κ2) is 9.84. The minimum Gasteiger partial charge on any atom is -0.371 e. The van der Waals surface area contributed by atoms with Gasteiger partial charge in [0.2, 0.25) is 0 Å². The van der Waals surface area contributed by atoms with Crippen LogP contribution >= 0.6 is 11.3 Å². The number of nitro groups is 1. The number of anilines is 1. The van der Waals surface area contributed by atoms with Crippen LogP contribution < -0.4 is 9.70 Å². The molecule has 35 heavy (non-hydrogen) atoms. The first kappa shape index (κ1) is 23.0. The first-order chi connectivity index (χ1) is 17.0. The molecule has 3 aromatic carbocycles. The molecule has 1 aliphatic rings. The number of para-hydroxylation sites is 1. The number of thiazole rings is 1. The zero-order valence-corrected chi connectivity index (χ0v) is 20.3. The minimum atomic E-state index is -0.466. The number of hydrogen-bond donors (Lipinski definition) is 0. The number of carbonyl (C=O) groups is 1. The van der Waals surface area contributed by atoms with Gasteiger partial charge in [0.1, 0.15) is 0 Å². The molecule has 0 bridgehead atoms. The van der Waals surface area contributed by atoms with Crippen molar-refractivity contribution in [3.63, 3.8) is 0 Å². The number of piperidine rings is 1. The van der Waals surface area contributed by atoms with E-state index in [0.717, 1.165) is 42.6 Å². The Labute approximate surface area is 207 Å². The Balaban J connectivity index is 1.43. The minimum absolute atomic E-state index is 0.105. The van der Waals surface area contributed by atoms with Gasteiger partial charge in [0.05, 0.1) is 26.4 Å². The fraction of sp³-hybridized carbons (Fsp3) is 0.259. The predicted molar refractivity (Wildman–Crippen MR) is 139 cm³/mol. The summed E-state index contributed by atoms with van der Waals surface area (Å²) in [5.74, 6) is 0.116. The lowest BCUT2D eigenvalue weighted by Crippen LogP contribution is -2.35. The molecular formula is C27H26N4O3S. The monoisotopic (exact) mass is 486 g/mol. The number of nitro benzene ring substituents is 1. The van der Waals surface area contributed by atoms with Crippen LogP contribution in [0.5, 0.6) is 0 Å². The van der Waals surface area contributed by atoms with Crippen LogP contribution in [-0.2, 0) is 13.5 Å². The molecule has 178 valence electrons. The molecule has 0 atom stereocenters. The van der Waals surface area contributed by atoms with E-state index in [0.29, 0.717) is 16.4 Å². The number of nitrogens with zero attached hydrogens (tertiary/aromatic N) is 4. The van der Waals surface area contributed by atoms with Crippen LogP contribution in [0.4, 0.5) is 11.4 Å². The number of amides is 1. The van der Waals surface area contributed by atoms with Crippen LogP contribution in [0.25, 0.3) is 10.2 Å². The van der Waals surface area contributed by atoms with Crippen molar-refractivity contribution in [3.05, 3.63) is 98.8 Å². The summed E-state index contributed by atoms with van der Waals surface area (Å²) in [7, 11) is 1.87. The Morgan fingerprint density at radius 1 is 1.06 bits per heavy atom. The highest BCUT2D eigenvalue weighted by atomic mass is 32.1. The summed E-state index contributed by atoms with van der Waals surface area (Å²) < 4.78 is 2.91. The van der Waals surface area contributed by atoms with E-state index in [1.165, 1.54) is 29.0 Å². The maximum atomic E-state index is 13.4. The van der Waals surface area contributed by atoms with Crippen LogP contribution in [0.3, 0.4) is 0 Å². The molecule has 2 heterocycles. The maximum Gasteiger partial charge on any atom is 0.282 e. The summed E-state index contributed by atoms with van der Waals surface area (Å²) in [5, 5.41) is 11.5. The number of rotatable bonds is 5. The standard InChI is InChI=1S/C27H26N4O3S/c1-29-24-9-5-6-10-25(24)35-27(29)28-26(32)22-18-21(31(33)34)11-12-23(22)30-15-13-20(14-16-30)17-19-7-3-2-4-8-19/h2-12,18,20H,13-17H2,1H3. The van der Waals surface area contributed by atoms with Crippen molar-refractivity contribution in [2.45, 2.75) is 19.3 Å². The van der Waals surface area contributed by atoms with Crippen molar-refractivity contribution in [2.24, 2.45) is 18.0 Å². The highest BCUT2D eigenvalue weighted by Crippen LogP contribution is 2.31. The number of carbonyl (C=O) groups excluding carboxylic acids is 1. The van der Waals surface area contributed by atoms with Crippen LogP contribution in [0, 0.1) is 16.0 Å². The quantitative estimate of drug-likeness (QED) is 0.281. The van der Waals surface area contributed by atoms with Crippen molar-refractivity contribution in [1.82, 2.24) is 4.57 Å². The molecule has 1 fully saturated rings. The van der Waals surface area contributed by atoms with Crippen LogP contribution in [-0.4, -0.2) is 28.5 Å². The van der Waals surface area contributed by atoms with E-state index in [1.807, 2.05) is 41.9 Å². The van der Waals surface area contributed by atoms with Gasteiger partial charge in [-0.2, -0.15) is 4.99 Å². The molecule has 5 rings (SSSR count). The smallest absolute Gasteiger partial charge is 0.282 e. The van der Waals surface area contributed by atoms with Crippen molar-refractivity contribution >= 4 is 38.8 Å². The Morgan fingerprint density at radius 2 is 1.77 bits per heavy atom. The molecule has 1 aromatic heterocycles. The maximum absolute atomic E-state index is 13.4. The van der Waals surface area contributed by atoms with Gasteiger partial charge in [-0.05, 0) is 48.9 Å². The number of benzene rings is 3. The van der Waals surface area contributed by atoms with Gasteiger partial charge in [-0.25, -0.2) is 0 Å². The number of aryl methyl sites for hydroxylation is 1. The van der Waals surface area contributed by atoms with Crippen molar-refractivity contribution in [1.29, 1.82) is 0 Å². The summed E-state index contributed by atoms with van der Waals surface area (Å²) in [6.45, 7) is 1.60. The van der Waals surface area contributed by atoms with Gasteiger partial charge in [0, 0.05) is 32.3 Å². The zero-order chi connectivity index (χ0) is 24.4. The average molecular weight is 487 g/mol. The van der Waals surface area contributed by atoms with E-state index in [4.69, 9.17) is 0 Å². The van der Waals surface area contributed by atoms with Gasteiger partial charge < -0.3 is 9.47 Å². The Hall–Kier alpha value is -3.78. The molecule has 0 spiro atoms. The number of hydrogen-bond acceptors (Lipinski definition) is 5. The van der Waals surface area contributed by atoms with Gasteiger partial charge in [-0.3, -0.25) is 14.9 Å². The second-order valence-corrected chi connectivity index (χ2v) is 9.92. The first-order valence-corrected chi connectivity index (χ1v) is 12.5. The van der Waals surface area contributed by atoms with E-state index in [9.17, 15) is 14.9 Å². The molecule has 0 aliphatic carbocycles. The van der Waals surface area contributed by atoms with E-state index >= 15 is 0 Å². The molecule has 1 amide bonds. The summed E-state index contributed by atoms with van der Waals surface area (Å²) in [4.78, 5) is 31.5. The lowest BCUT2D eigenvalue weighted by Gasteiger charge is -2.34. The van der Waals surface area contributed by atoms with Crippen molar-refractivity contribution in [2.75, 3.05) is 18.0 Å². The summed E-state index contributed by atoms with van der Waals surface area (Å²) >= 11 is 1.43. The third kappa shape index (κ3) is 4.88. The fourth-order valence-corrected chi connectivity index (χ4v) is 5.76. The number of non-ortho nitro benzene ring substituents is 1. The Morgan fingerprint density at radius 3 is 2.49 bits per heavy atom. The largest absolute Gasteiger partial charge is 0.371 e. The van der Waals surface area contributed by atoms with Crippen molar-refractivity contribution < 1.29 is 9.72 Å². The first-order valence-electron chi connectivity index (χ1n) is 11.7. The van der Waals surface area contributed by atoms with E-state index in [1.54, 1.807) is 6.07 Å². The van der Waals surface area contributed by atoms with Gasteiger partial charge in [0.25, 0.3) is 11.6 Å². The lowest BCUT2D eigenvalue weighted by atomic mass is 9.89. The third-order valence-corrected chi connectivity index (χ3v) is 7.77. The lowest BCUT2D eigenvalue weighted by molar-refractivity contribution is -0.384. The van der Waals surface area contributed by atoms with Crippen LogP contribution in [0.15, 0.2) is 77.8 Å². The van der Waals surface area contributed by atoms with Crippen molar-refractivity contribution in [3.8, 4) is 0 Å². The molecule has 0 radical (unpaired) electrons. The van der Waals surface area contributed by atoms with E-state index in [-0.39, 0.29) is 11.3 Å². The zero-order valence-electron chi connectivity index (χ0n) is 19.5. The highest BCUT2D eigenvalue weighted by molar-refractivity contribution is 7.16. The SMILES string of the molecule is Cn1c(=NC(=O)c2cc([N+](=O)[O-])ccc2N2CCC(Cc3ccccc3)CC2)sc2ccccc21. The average Bonchev–Trinajstić information content (AvgIpc) is 3.20. The summed E-state index contributed by atoms with van der Waals surface area (Å²) in [6, 6.07) is 22.9. The number of aromatic nitrogens is 1. The van der Waals surface area contributed by atoms with Crippen LogP contribution in [0.1, 0.15) is 28.8 Å². The number of fused-ring (bicyclic) bond motifs is 1. The Bertz CT molecular complexity index is 1450. The molecule has 1 aliphatic heterocycles. The van der Waals surface area contributed by atoms with Gasteiger partial charge >= 0.3 is 0 Å². The molecule has 0 saturated carbocycles. The summed E-state index contributed by atoms with van der Waals surface area (Å²) in [6.07, 6.45) is 3.04. The highest BCUT2D eigenvalue weighted by Gasteiger charge is 2.25. The normalized spacial score (nSPS) is 15.0. The van der Waals surface area contributed by atoms with Gasteiger partial charge in [-0.15, -0.1) is 0 Å². The molecule has 8 heteroatoms. The molecule has 0 N–H and O–H groups in total. The second-order valence-electron chi connectivity index (χ2n) is 8.91. The topological polar surface area (TPSA) is 80.7 Å². The summed E-state index contributed by atoms with van der Waals surface area (Å²) in [5.41, 5.74) is 3.22. The van der Waals surface area contributed by atoms with Crippen LogP contribution in [0.2, 0.25) is 0 Å². The third-order valence-electron chi connectivity index (χ3n) is 6.66. The molecule has 4 aromatic rings. The van der Waals surface area contributed by atoms with E-state index < -0.39 is 10.8 Å². The molecular weight excluding hydrogens is 460 g/mol. The molecule has 0 unspecified atom stereocenters. The molecule has 7 nitrogen and oxygen atoms in total. The molecule has 1 saturated heterocycles. The van der Waals surface area contributed by atoms with Gasteiger partial charge in [-0.1, -0.05) is 53.8 Å². The van der Waals surface area contributed by atoms with Gasteiger partial charge in [0.15, 0.2) is 4.80 Å². The predicted octanol–water partition coefficient (Wildman–Crippen LogP) is 5.35. The van der Waals surface area contributed by atoms with E-state index in [2.05, 4.69) is 34.2 Å². The fourth-order valence-electron chi connectivity index (χ4n) is 4.75. The Kier molecular flexibility index (Phi) is 6.46.